The number of nitrogens with one attached hydrogen (secondary N) is 1. The Labute approximate surface area is 153 Å². The molecule has 2 amide bonds. The minimum absolute atomic E-state index is 0.0695. The molecule has 3 rings (SSSR count). The number of carbonyl (C=O) groups excluding carboxylic acids is 1. The molecule has 0 bridgehead atoms. The van der Waals surface area contributed by atoms with Crippen LogP contribution in [0.5, 0.6) is 5.75 Å². The third kappa shape index (κ3) is 4.57. The normalized spacial score (nSPS) is 14.3. The predicted molar refractivity (Wildman–Crippen MR) is 102 cm³/mol. The van der Waals surface area contributed by atoms with E-state index in [0.717, 1.165) is 35.2 Å². The van der Waals surface area contributed by atoms with Crippen LogP contribution in [0.25, 0.3) is 0 Å². The first-order valence-corrected chi connectivity index (χ1v) is 8.83. The summed E-state index contributed by atoms with van der Waals surface area (Å²) in [7, 11) is 0. The largest absolute Gasteiger partial charge is 0.494 e. The van der Waals surface area contributed by atoms with Crippen LogP contribution in [0, 0.1) is 0 Å². The SMILES string of the molecule is CCOc1ccc(NC(=O)N2CCN(c3ccc(Cl)cc3)CC2)cc1. The van der Waals surface area contributed by atoms with Crippen LogP contribution < -0.4 is 15.0 Å². The first-order valence-electron chi connectivity index (χ1n) is 8.45. The second-order valence-corrected chi connectivity index (χ2v) is 6.27. The lowest BCUT2D eigenvalue weighted by Crippen LogP contribution is -2.50. The van der Waals surface area contributed by atoms with Gasteiger partial charge in [-0.25, -0.2) is 4.79 Å². The minimum Gasteiger partial charge on any atom is -0.494 e. The topological polar surface area (TPSA) is 44.8 Å². The number of hydrogen-bond acceptors (Lipinski definition) is 3. The summed E-state index contributed by atoms with van der Waals surface area (Å²) in [6.45, 7) is 5.55. The van der Waals surface area contributed by atoms with Gasteiger partial charge in [-0.05, 0) is 55.5 Å². The van der Waals surface area contributed by atoms with E-state index in [-0.39, 0.29) is 6.03 Å². The Bertz CT molecular complexity index is 696. The summed E-state index contributed by atoms with van der Waals surface area (Å²) in [4.78, 5) is 16.5. The Morgan fingerprint density at radius 3 is 2.28 bits per heavy atom. The molecular weight excluding hydrogens is 338 g/mol. The number of piperazine rings is 1. The Hall–Kier alpha value is -2.40. The molecule has 0 aliphatic carbocycles. The average Bonchev–Trinajstić information content (AvgIpc) is 2.64. The van der Waals surface area contributed by atoms with Crippen LogP contribution in [0.15, 0.2) is 48.5 Å². The highest BCUT2D eigenvalue weighted by Crippen LogP contribution is 2.20. The van der Waals surface area contributed by atoms with Crippen molar-refractivity contribution in [2.24, 2.45) is 0 Å². The van der Waals surface area contributed by atoms with Gasteiger partial charge < -0.3 is 19.9 Å². The molecule has 0 atom stereocenters. The second-order valence-electron chi connectivity index (χ2n) is 5.84. The van der Waals surface area contributed by atoms with Crippen LogP contribution in [0.2, 0.25) is 5.02 Å². The fraction of sp³-hybridized carbons (Fsp3) is 0.316. The monoisotopic (exact) mass is 359 g/mol. The van der Waals surface area contributed by atoms with Crippen molar-refractivity contribution < 1.29 is 9.53 Å². The number of hydrogen-bond donors (Lipinski definition) is 1. The molecule has 0 unspecified atom stereocenters. The molecule has 1 fully saturated rings. The molecule has 1 saturated heterocycles. The van der Waals surface area contributed by atoms with Gasteiger partial charge in [0.2, 0.25) is 0 Å². The van der Waals surface area contributed by atoms with Gasteiger partial charge in [0.05, 0.1) is 6.61 Å². The van der Waals surface area contributed by atoms with Crippen LogP contribution in [0.1, 0.15) is 6.92 Å². The van der Waals surface area contributed by atoms with Crippen LogP contribution in [0.3, 0.4) is 0 Å². The molecule has 0 aromatic heterocycles. The third-order valence-corrected chi connectivity index (χ3v) is 4.43. The number of nitrogens with zero attached hydrogens (tertiary/aromatic N) is 2. The van der Waals surface area contributed by atoms with E-state index in [2.05, 4.69) is 10.2 Å². The molecule has 0 saturated carbocycles. The van der Waals surface area contributed by atoms with E-state index < -0.39 is 0 Å². The van der Waals surface area contributed by atoms with E-state index in [1.165, 1.54) is 0 Å². The number of benzene rings is 2. The van der Waals surface area contributed by atoms with Crippen LogP contribution in [-0.2, 0) is 0 Å². The standard InChI is InChI=1S/C19H22ClN3O2/c1-2-25-18-9-5-16(6-10-18)21-19(24)23-13-11-22(12-14-23)17-7-3-15(20)4-8-17/h3-10H,2,11-14H2,1H3,(H,21,24). The second kappa shape index (κ2) is 8.12. The fourth-order valence-electron chi connectivity index (χ4n) is 2.82. The molecular formula is C19H22ClN3O2. The van der Waals surface area contributed by atoms with Gasteiger partial charge in [-0.2, -0.15) is 0 Å². The van der Waals surface area contributed by atoms with Crippen molar-refractivity contribution >= 4 is 29.0 Å². The molecule has 1 aliphatic heterocycles. The number of anilines is 2. The minimum atomic E-state index is -0.0695. The zero-order valence-corrected chi connectivity index (χ0v) is 15.0. The van der Waals surface area contributed by atoms with Crippen molar-refractivity contribution in [3.8, 4) is 5.75 Å². The maximum atomic E-state index is 12.4. The molecule has 132 valence electrons. The average molecular weight is 360 g/mol. The maximum absolute atomic E-state index is 12.4. The Balaban J connectivity index is 1.51. The van der Waals surface area contributed by atoms with Gasteiger partial charge in [0.1, 0.15) is 5.75 Å². The van der Waals surface area contributed by atoms with Gasteiger partial charge in [0.15, 0.2) is 0 Å². The fourth-order valence-corrected chi connectivity index (χ4v) is 2.95. The van der Waals surface area contributed by atoms with E-state index in [1.807, 2.05) is 60.4 Å². The highest BCUT2D eigenvalue weighted by atomic mass is 35.5. The number of rotatable bonds is 4. The van der Waals surface area contributed by atoms with Gasteiger partial charge in [0.25, 0.3) is 0 Å². The van der Waals surface area contributed by atoms with Gasteiger partial charge in [0, 0.05) is 42.6 Å². The lowest BCUT2D eigenvalue weighted by atomic mass is 10.2. The van der Waals surface area contributed by atoms with Crippen molar-refractivity contribution in [1.82, 2.24) is 4.90 Å². The lowest BCUT2D eigenvalue weighted by Gasteiger charge is -2.36. The summed E-state index contributed by atoms with van der Waals surface area (Å²) in [5.41, 5.74) is 1.91. The molecule has 0 spiro atoms. The summed E-state index contributed by atoms with van der Waals surface area (Å²) < 4.78 is 5.41. The Morgan fingerprint density at radius 2 is 1.68 bits per heavy atom. The zero-order valence-electron chi connectivity index (χ0n) is 14.2. The first-order chi connectivity index (χ1) is 12.2. The van der Waals surface area contributed by atoms with Crippen LogP contribution >= 0.6 is 11.6 Å². The van der Waals surface area contributed by atoms with Gasteiger partial charge in [-0.3, -0.25) is 0 Å². The van der Waals surface area contributed by atoms with E-state index in [0.29, 0.717) is 19.7 Å². The van der Waals surface area contributed by atoms with E-state index >= 15 is 0 Å². The van der Waals surface area contributed by atoms with Crippen molar-refractivity contribution in [3.05, 3.63) is 53.6 Å². The van der Waals surface area contributed by atoms with E-state index in [9.17, 15) is 4.79 Å². The molecule has 6 heteroatoms. The molecule has 1 heterocycles. The number of ether oxygens (including phenoxy) is 1. The van der Waals surface area contributed by atoms with Gasteiger partial charge in [-0.15, -0.1) is 0 Å². The number of urea groups is 1. The quantitative estimate of drug-likeness (QED) is 0.894. The molecule has 25 heavy (non-hydrogen) atoms. The summed E-state index contributed by atoms with van der Waals surface area (Å²) in [5.74, 6) is 0.803. The molecule has 2 aromatic carbocycles. The lowest BCUT2D eigenvalue weighted by molar-refractivity contribution is 0.208. The molecule has 5 nitrogen and oxygen atoms in total. The van der Waals surface area contributed by atoms with Gasteiger partial charge in [-0.1, -0.05) is 11.6 Å². The highest BCUT2D eigenvalue weighted by Gasteiger charge is 2.21. The molecule has 1 N–H and O–H groups in total. The summed E-state index contributed by atoms with van der Waals surface area (Å²) in [6.07, 6.45) is 0. The van der Waals surface area contributed by atoms with Crippen LogP contribution in [-0.4, -0.2) is 43.7 Å². The van der Waals surface area contributed by atoms with Crippen molar-refractivity contribution in [2.45, 2.75) is 6.92 Å². The zero-order chi connectivity index (χ0) is 17.6. The number of amides is 2. The number of halogens is 1. The van der Waals surface area contributed by atoms with Crippen molar-refractivity contribution in [3.63, 3.8) is 0 Å². The molecule has 1 aliphatic rings. The van der Waals surface area contributed by atoms with Crippen LogP contribution in [0.4, 0.5) is 16.2 Å². The Kier molecular flexibility index (Phi) is 5.66. The van der Waals surface area contributed by atoms with Crippen molar-refractivity contribution in [2.75, 3.05) is 43.0 Å². The maximum Gasteiger partial charge on any atom is 0.321 e. The van der Waals surface area contributed by atoms with Gasteiger partial charge >= 0.3 is 6.03 Å². The summed E-state index contributed by atoms with van der Waals surface area (Å²) in [6, 6.07) is 15.2. The summed E-state index contributed by atoms with van der Waals surface area (Å²) >= 11 is 5.93. The number of carbonyl (C=O) groups is 1. The first kappa shape index (κ1) is 17.4. The Morgan fingerprint density at radius 1 is 1.04 bits per heavy atom. The highest BCUT2D eigenvalue weighted by molar-refractivity contribution is 6.30. The predicted octanol–water partition coefficient (Wildman–Crippen LogP) is 4.09. The van der Waals surface area contributed by atoms with E-state index in [1.54, 1.807) is 0 Å². The molecule has 2 aromatic rings. The summed E-state index contributed by atoms with van der Waals surface area (Å²) in [5, 5.41) is 3.67. The molecule has 0 radical (unpaired) electrons. The van der Waals surface area contributed by atoms with Crippen molar-refractivity contribution in [1.29, 1.82) is 0 Å². The third-order valence-electron chi connectivity index (χ3n) is 4.18. The smallest absolute Gasteiger partial charge is 0.321 e. The van der Waals surface area contributed by atoms with E-state index in [4.69, 9.17) is 16.3 Å².